The number of hydrogen-bond acceptors (Lipinski definition) is 4. The lowest BCUT2D eigenvalue weighted by Gasteiger charge is -2.34. The van der Waals surface area contributed by atoms with E-state index in [0.29, 0.717) is 18.8 Å². The molecule has 4 heteroatoms. The standard InChI is InChI=1S/C15H24O4/c1-9-5-7-13(11(3)15(18)19-4)14(17)12(9)8-6-10(2)16/h9,11-13H,5-8H2,1-4H3/t9-,11?,12+,13+/m1/s1. The average molecular weight is 268 g/mol. The first kappa shape index (κ1) is 15.9. The summed E-state index contributed by atoms with van der Waals surface area (Å²) in [5.41, 5.74) is 0. The predicted molar refractivity (Wildman–Crippen MR) is 71.5 cm³/mol. The molecule has 1 aliphatic rings. The zero-order chi connectivity index (χ0) is 14.6. The molecular formula is C15H24O4. The number of methoxy groups -OCH3 is 1. The van der Waals surface area contributed by atoms with Crippen LogP contribution in [0.3, 0.4) is 0 Å². The summed E-state index contributed by atoms with van der Waals surface area (Å²) in [5, 5.41) is 0. The van der Waals surface area contributed by atoms with Crippen LogP contribution in [-0.4, -0.2) is 24.6 Å². The molecule has 0 saturated heterocycles. The van der Waals surface area contributed by atoms with Gasteiger partial charge in [0, 0.05) is 18.3 Å². The van der Waals surface area contributed by atoms with Crippen LogP contribution in [0.2, 0.25) is 0 Å². The molecule has 0 bridgehead atoms. The van der Waals surface area contributed by atoms with E-state index in [1.54, 1.807) is 13.8 Å². The molecule has 0 aliphatic heterocycles. The Kier molecular flexibility index (Phi) is 5.70. The first-order valence-corrected chi connectivity index (χ1v) is 6.99. The molecule has 19 heavy (non-hydrogen) atoms. The van der Waals surface area contributed by atoms with Crippen molar-refractivity contribution in [1.29, 1.82) is 0 Å². The molecule has 0 amide bonds. The molecular weight excluding hydrogens is 244 g/mol. The second-order valence-electron chi connectivity index (χ2n) is 5.72. The molecule has 0 aromatic heterocycles. The van der Waals surface area contributed by atoms with Crippen molar-refractivity contribution in [2.75, 3.05) is 7.11 Å². The molecule has 4 nitrogen and oxygen atoms in total. The van der Waals surface area contributed by atoms with E-state index in [0.717, 1.165) is 12.8 Å². The Bertz CT molecular complexity index is 361. The minimum Gasteiger partial charge on any atom is -0.469 e. The van der Waals surface area contributed by atoms with E-state index >= 15 is 0 Å². The summed E-state index contributed by atoms with van der Waals surface area (Å²) in [6.45, 7) is 5.36. The zero-order valence-corrected chi connectivity index (χ0v) is 12.3. The molecule has 0 N–H and O–H groups in total. The van der Waals surface area contributed by atoms with E-state index in [1.807, 2.05) is 0 Å². The number of carbonyl (C=O) groups excluding carboxylic acids is 3. The predicted octanol–water partition coefficient (Wildman–Crippen LogP) is 2.40. The molecule has 1 rings (SSSR count). The Morgan fingerprint density at radius 3 is 2.53 bits per heavy atom. The van der Waals surface area contributed by atoms with Gasteiger partial charge in [-0.2, -0.15) is 0 Å². The number of ketones is 2. The van der Waals surface area contributed by atoms with Crippen molar-refractivity contribution in [2.24, 2.45) is 23.7 Å². The van der Waals surface area contributed by atoms with Crippen molar-refractivity contribution in [3.05, 3.63) is 0 Å². The lowest BCUT2D eigenvalue weighted by molar-refractivity contribution is -0.151. The number of carbonyl (C=O) groups is 3. The molecule has 1 saturated carbocycles. The monoisotopic (exact) mass is 268 g/mol. The van der Waals surface area contributed by atoms with Gasteiger partial charge in [0.15, 0.2) is 0 Å². The largest absolute Gasteiger partial charge is 0.469 e. The fourth-order valence-electron chi connectivity index (χ4n) is 2.97. The number of ether oxygens (including phenoxy) is 1. The molecule has 1 fully saturated rings. The van der Waals surface area contributed by atoms with Gasteiger partial charge in [-0.25, -0.2) is 0 Å². The van der Waals surface area contributed by atoms with Crippen LogP contribution in [0.4, 0.5) is 0 Å². The topological polar surface area (TPSA) is 60.4 Å². The molecule has 0 aromatic rings. The average Bonchev–Trinajstić information content (AvgIpc) is 2.36. The molecule has 0 spiro atoms. The number of esters is 1. The minimum atomic E-state index is -0.384. The lowest BCUT2D eigenvalue weighted by atomic mass is 9.68. The molecule has 1 aliphatic carbocycles. The summed E-state index contributed by atoms with van der Waals surface area (Å²) < 4.78 is 4.73. The maximum Gasteiger partial charge on any atom is 0.309 e. The Labute approximate surface area is 114 Å². The summed E-state index contributed by atoms with van der Waals surface area (Å²) in [5.74, 6) is -0.493. The third kappa shape index (κ3) is 3.88. The number of rotatable bonds is 5. The Morgan fingerprint density at radius 1 is 1.37 bits per heavy atom. The zero-order valence-electron chi connectivity index (χ0n) is 12.3. The van der Waals surface area contributed by atoms with Crippen LogP contribution in [0.15, 0.2) is 0 Å². The van der Waals surface area contributed by atoms with Crippen molar-refractivity contribution in [3.8, 4) is 0 Å². The van der Waals surface area contributed by atoms with E-state index in [1.165, 1.54) is 7.11 Å². The first-order valence-electron chi connectivity index (χ1n) is 6.99. The van der Waals surface area contributed by atoms with Gasteiger partial charge in [0.25, 0.3) is 0 Å². The maximum atomic E-state index is 12.5. The fourth-order valence-corrected chi connectivity index (χ4v) is 2.97. The van der Waals surface area contributed by atoms with Crippen molar-refractivity contribution in [2.45, 2.75) is 46.5 Å². The molecule has 1 unspecified atom stereocenters. The maximum absolute atomic E-state index is 12.5. The fraction of sp³-hybridized carbons (Fsp3) is 0.800. The summed E-state index contributed by atoms with van der Waals surface area (Å²) >= 11 is 0. The van der Waals surface area contributed by atoms with Gasteiger partial charge in [0.05, 0.1) is 13.0 Å². The molecule has 0 radical (unpaired) electrons. The van der Waals surface area contributed by atoms with Crippen molar-refractivity contribution in [1.82, 2.24) is 0 Å². The highest BCUT2D eigenvalue weighted by atomic mass is 16.5. The van der Waals surface area contributed by atoms with Crippen molar-refractivity contribution >= 4 is 17.5 Å². The van der Waals surface area contributed by atoms with E-state index in [4.69, 9.17) is 4.74 Å². The Morgan fingerprint density at radius 2 is 2.00 bits per heavy atom. The number of hydrogen-bond donors (Lipinski definition) is 0. The third-order valence-corrected chi connectivity index (χ3v) is 4.33. The van der Waals surface area contributed by atoms with Gasteiger partial charge in [0.1, 0.15) is 11.6 Å². The summed E-state index contributed by atoms with van der Waals surface area (Å²) in [6.07, 6.45) is 2.73. The van der Waals surface area contributed by atoms with Gasteiger partial charge in [-0.05, 0) is 32.1 Å². The van der Waals surface area contributed by atoms with Crippen LogP contribution in [0.1, 0.15) is 46.5 Å². The van der Waals surface area contributed by atoms with E-state index in [9.17, 15) is 14.4 Å². The summed E-state index contributed by atoms with van der Waals surface area (Å²) in [4.78, 5) is 35.2. The SMILES string of the molecule is COC(=O)C(C)[C@@H]1CC[C@@H](C)[C@H](CCC(C)=O)C1=O. The Balaban J connectivity index is 2.74. The Hall–Kier alpha value is -1.19. The van der Waals surface area contributed by atoms with Gasteiger partial charge in [-0.3, -0.25) is 9.59 Å². The van der Waals surface area contributed by atoms with Crippen LogP contribution in [0, 0.1) is 23.7 Å². The normalized spacial score (nSPS) is 28.8. The first-order chi connectivity index (χ1) is 8.88. The highest BCUT2D eigenvalue weighted by Gasteiger charge is 2.40. The van der Waals surface area contributed by atoms with E-state index in [-0.39, 0.29) is 35.3 Å². The van der Waals surface area contributed by atoms with Crippen molar-refractivity contribution < 1.29 is 19.1 Å². The minimum absolute atomic E-state index is 0.0882. The molecule has 0 aromatic carbocycles. The third-order valence-electron chi connectivity index (χ3n) is 4.33. The van der Waals surface area contributed by atoms with E-state index < -0.39 is 0 Å². The summed E-state index contributed by atoms with van der Waals surface area (Å²) in [7, 11) is 1.35. The second kappa shape index (κ2) is 6.83. The van der Waals surface area contributed by atoms with E-state index in [2.05, 4.69) is 6.92 Å². The van der Waals surface area contributed by atoms with Gasteiger partial charge < -0.3 is 9.53 Å². The highest BCUT2D eigenvalue weighted by molar-refractivity contribution is 5.89. The van der Waals surface area contributed by atoms with Gasteiger partial charge in [-0.15, -0.1) is 0 Å². The van der Waals surface area contributed by atoms with Crippen LogP contribution in [0.25, 0.3) is 0 Å². The van der Waals surface area contributed by atoms with Gasteiger partial charge >= 0.3 is 5.97 Å². The highest BCUT2D eigenvalue weighted by Crippen LogP contribution is 2.37. The van der Waals surface area contributed by atoms with Gasteiger partial charge in [0.2, 0.25) is 0 Å². The van der Waals surface area contributed by atoms with Crippen molar-refractivity contribution in [3.63, 3.8) is 0 Å². The second-order valence-corrected chi connectivity index (χ2v) is 5.72. The number of Topliss-reactive ketones (excluding diaryl/α,β-unsaturated/α-hetero) is 2. The van der Waals surface area contributed by atoms with Gasteiger partial charge in [-0.1, -0.05) is 13.8 Å². The molecule has 0 heterocycles. The van der Waals surface area contributed by atoms with Crippen LogP contribution >= 0.6 is 0 Å². The molecule has 4 atom stereocenters. The smallest absolute Gasteiger partial charge is 0.309 e. The van der Waals surface area contributed by atoms with Crippen LogP contribution < -0.4 is 0 Å². The quantitative estimate of drug-likeness (QED) is 0.718. The molecule has 108 valence electrons. The lowest BCUT2D eigenvalue weighted by Crippen LogP contribution is -2.39. The van der Waals surface area contributed by atoms with Crippen LogP contribution in [-0.2, 0) is 19.1 Å². The summed E-state index contributed by atoms with van der Waals surface area (Å²) in [6, 6.07) is 0. The van der Waals surface area contributed by atoms with Crippen LogP contribution in [0.5, 0.6) is 0 Å².